The average molecular weight is 336 g/mol. The quantitative estimate of drug-likeness (QED) is 0.732. The van der Waals surface area contributed by atoms with Crippen molar-refractivity contribution in [3.8, 4) is 6.07 Å². The Kier molecular flexibility index (Phi) is 4.34. The molecule has 3 rings (SSSR count). The number of hydrogen-bond donors (Lipinski definition) is 0. The zero-order valence-electron chi connectivity index (χ0n) is 13.2. The first-order valence-corrected chi connectivity index (χ1v) is 8.89. The molecule has 0 saturated carbocycles. The Morgan fingerprint density at radius 1 is 0.958 bits per heavy atom. The molecule has 0 heterocycles. The van der Waals surface area contributed by atoms with Gasteiger partial charge in [-0.15, -0.1) is 0 Å². The van der Waals surface area contributed by atoms with Crippen molar-refractivity contribution in [3.63, 3.8) is 0 Å². The highest BCUT2D eigenvalue weighted by Crippen LogP contribution is 2.22. The van der Waals surface area contributed by atoms with Crippen molar-refractivity contribution in [2.45, 2.75) is 11.4 Å². The Labute approximate surface area is 141 Å². The Morgan fingerprint density at radius 3 is 2.38 bits per heavy atom. The first kappa shape index (κ1) is 16.2. The highest BCUT2D eigenvalue weighted by atomic mass is 32.2. The predicted octanol–water partition coefficient (Wildman–Crippen LogP) is 3.53. The fourth-order valence-corrected chi connectivity index (χ4v) is 3.93. The number of hydrogen-bond acceptors (Lipinski definition) is 3. The van der Waals surface area contributed by atoms with Crippen molar-refractivity contribution in [3.05, 3.63) is 77.9 Å². The number of nitriles is 1. The van der Waals surface area contributed by atoms with Crippen LogP contribution >= 0.6 is 0 Å². The van der Waals surface area contributed by atoms with Crippen LogP contribution in [0.2, 0.25) is 0 Å². The van der Waals surface area contributed by atoms with Crippen LogP contribution in [0.1, 0.15) is 11.1 Å². The van der Waals surface area contributed by atoms with E-state index in [0.717, 1.165) is 16.3 Å². The molecule has 5 heteroatoms. The highest BCUT2D eigenvalue weighted by molar-refractivity contribution is 7.89. The SMILES string of the molecule is CN(Cc1ccc2ccccc2c1)S(=O)(=O)c1ccccc1C#N. The van der Waals surface area contributed by atoms with E-state index in [2.05, 4.69) is 0 Å². The van der Waals surface area contributed by atoms with Gasteiger partial charge in [-0.1, -0.05) is 48.5 Å². The Balaban J connectivity index is 1.93. The molecule has 0 unspecified atom stereocenters. The van der Waals surface area contributed by atoms with E-state index in [0.29, 0.717) is 0 Å². The van der Waals surface area contributed by atoms with Gasteiger partial charge < -0.3 is 0 Å². The molecule has 3 aromatic rings. The second-order valence-electron chi connectivity index (χ2n) is 5.55. The third kappa shape index (κ3) is 3.02. The van der Waals surface area contributed by atoms with Gasteiger partial charge in [-0.25, -0.2) is 8.42 Å². The fraction of sp³-hybridized carbons (Fsp3) is 0.105. The van der Waals surface area contributed by atoms with E-state index >= 15 is 0 Å². The minimum atomic E-state index is -3.72. The molecule has 0 saturated heterocycles. The fourth-order valence-electron chi connectivity index (χ4n) is 2.63. The summed E-state index contributed by atoms with van der Waals surface area (Å²) in [5.74, 6) is 0. The predicted molar refractivity (Wildman–Crippen MR) is 93.8 cm³/mol. The van der Waals surface area contributed by atoms with Crippen LogP contribution in [0.3, 0.4) is 0 Å². The van der Waals surface area contributed by atoms with Gasteiger partial charge in [0, 0.05) is 13.6 Å². The maximum atomic E-state index is 12.8. The van der Waals surface area contributed by atoms with Gasteiger partial charge in [-0.05, 0) is 34.5 Å². The number of benzene rings is 3. The summed E-state index contributed by atoms with van der Waals surface area (Å²) in [7, 11) is -2.20. The van der Waals surface area contributed by atoms with Gasteiger partial charge in [0.05, 0.1) is 10.5 Å². The van der Waals surface area contributed by atoms with Crippen molar-refractivity contribution in [2.24, 2.45) is 0 Å². The van der Waals surface area contributed by atoms with Gasteiger partial charge in [-0.2, -0.15) is 9.57 Å². The van der Waals surface area contributed by atoms with Crippen LogP contribution in [0.25, 0.3) is 10.8 Å². The van der Waals surface area contributed by atoms with Crippen molar-refractivity contribution in [1.82, 2.24) is 4.31 Å². The smallest absolute Gasteiger partial charge is 0.207 e. The number of sulfonamides is 1. The van der Waals surface area contributed by atoms with Gasteiger partial charge >= 0.3 is 0 Å². The average Bonchev–Trinajstić information content (AvgIpc) is 2.61. The molecule has 0 fully saturated rings. The molecule has 0 aliphatic heterocycles. The second-order valence-corrected chi connectivity index (χ2v) is 7.56. The molecule has 0 aliphatic carbocycles. The first-order valence-electron chi connectivity index (χ1n) is 7.45. The van der Waals surface area contributed by atoms with Gasteiger partial charge in [0.1, 0.15) is 6.07 Å². The van der Waals surface area contributed by atoms with Crippen molar-refractivity contribution in [2.75, 3.05) is 7.05 Å². The normalized spacial score (nSPS) is 11.5. The minimum absolute atomic E-state index is 0.0378. The Bertz CT molecular complexity index is 1040. The van der Waals surface area contributed by atoms with E-state index in [4.69, 9.17) is 5.26 Å². The maximum absolute atomic E-state index is 12.8. The molecule has 120 valence electrons. The summed E-state index contributed by atoms with van der Waals surface area (Å²) in [6, 6.07) is 22.0. The lowest BCUT2D eigenvalue weighted by atomic mass is 10.1. The third-order valence-corrected chi connectivity index (χ3v) is 5.78. The van der Waals surface area contributed by atoms with Gasteiger partial charge in [0.2, 0.25) is 10.0 Å². The summed E-state index contributed by atoms with van der Waals surface area (Å²) in [4.78, 5) is 0.0378. The van der Waals surface area contributed by atoms with Crippen LogP contribution in [0.4, 0.5) is 0 Å². The summed E-state index contributed by atoms with van der Waals surface area (Å²) < 4.78 is 26.8. The number of nitrogens with zero attached hydrogens (tertiary/aromatic N) is 2. The summed E-state index contributed by atoms with van der Waals surface area (Å²) in [5, 5.41) is 11.3. The molecule has 0 aliphatic rings. The number of fused-ring (bicyclic) bond motifs is 1. The van der Waals surface area contributed by atoms with Gasteiger partial charge in [0.15, 0.2) is 0 Å². The van der Waals surface area contributed by atoms with E-state index in [9.17, 15) is 8.42 Å². The van der Waals surface area contributed by atoms with Crippen molar-refractivity contribution >= 4 is 20.8 Å². The van der Waals surface area contributed by atoms with E-state index < -0.39 is 10.0 Å². The summed E-state index contributed by atoms with van der Waals surface area (Å²) >= 11 is 0. The molecular weight excluding hydrogens is 320 g/mol. The van der Waals surface area contributed by atoms with Crippen molar-refractivity contribution < 1.29 is 8.42 Å². The summed E-state index contributed by atoms with van der Waals surface area (Å²) in [6.07, 6.45) is 0. The molecule has 24 heavy (non-hydrogen) atoms. The van der Waals surface area contributed by atoms with E-state index in [1.165, 1.54) is 23.5 Å². The summed E-state index contributed by atoms with van der Waals surface area (Å²) in [5.41, 5.74) is 1.05. The molecule has 0 bridgehead atoms. The standard InChI is InChI=1S/C19H16N2O2S/c1-21(24(22,23)19-9-5-4-8-18(19)13-20)14-15-10-11-16-6-2-3-7-17(16)12-15/h2-12H,14H2,1H3. The zero-order valence-corrected chi connectivity index (χ0v) is 14.0. The van der Waals surface area contributed by atoms with E-state index in [1.807, 2.05) is 48.5 Å². The lowest BCUT2D eigenvalue weighted by molar-refractivity contribution is 0.466. The molecule has 0 radical (unpaired) electrons. The van der Waals surface area contributed by atoms with Crippen molar-refractivity contribution in [1.29, 1.82) is 5.26 Å². The summed E-state index contributed by atoms with van der Waals surface area (Å²) in [6.45, 7) is 0.243. The monoisotopic (exact) mass is 336 g/mol. The van der Waals surface area contributed by atoms with Crippen LogP contribution in [0, 0.1) is 11.3 Å². The molecule has 0 atom stereocenters. The van der Waals surface area contributed by atoms with Crippen LogP contribution in [-0.4, -0.2) is 19.8 Å². The molecule has 0 N–H and O–H groups in total. The lowest BCUT2D eigenvalue weighted by Gasteiger charge is -2.18. The molecule has 4 nitrogen and oxygen atoms in total. The maximum Gasteiger partial charge on any atom is 0.244 e. The number of rotatable bonds is 4. The lowest BCUT2D eigenvalue weighted by Crippen LogP contribution is -2.27. The highest BCUT2D eigenvalue weighted by Gasteiger charge is 2.23. The minimum Gasteiger partial charge on any atom is -0.207 e. The molecule has 0 amide bonds. The first-order chi connectivity index (χ1) is 11.5. The zero-order chi connectivity index (χ0) is 17.2. The molecule has 3 aromatic carbocycles. The van der Waals surface area contributed by atoms with Crippen LogP contribution in [0.15, 0.2) is 71.6 Å². The largest absolute Gasteiger partial charge is 0.244 e. The molecule has 0 spiro atoms. The van der Waals surface area contributed by atoms with Crippen LogP contribution in [-0.2, 0) is 16.6 Å². The van der Waals surface area contributed by atoms with E-state index in [-0.39, 0.29) is 17.0 Å². The Morgan fingerprint density at radius 2 is 1.62 bits per heavy atom. The molecular formula is C19H16N2O2S. The topological polar surface area (TPSA) is 61.2 Å². The second kappa shape index (κ2) is 6.44. The van der Waals surface area contributed by atoms with Gasteiger partial charge in [-0.3, -0.25) is 0 Å². The van der Waals surface area contributed by atoms with Gasteiger partial charge in [0.25, 0.3) is 0 Å². The van der Waals surface area contributed by atoms with Crippen LogP contribution in [0.5, 0.6) is 0 Å². The molecule has 0 aromatic heterocycles. The Hall–Kier alpha value is -2.68. The van der Waals surface area contributed by atoms with E-state index in [1.54, 1.807) is 12.1 Å². The third-order valence-electron chi connectivity index (χ3n) is 3.91. The van der Waals surface area contributed by atoms with Crippen LogP contribution < -0.4 is 0 Å².